The van der Waals surface area contributed by atoms with E-state index >= 15 is 0 Å². The number of hydrogen-bond donors (Lipinski definition) is 0. The molecule has 0 aliphatic heterocycles. The van der Waals surface area contributed by atoms with E-state index in [-0.39, 0.29) is 0 Å². The van der Waals surface area contributed by atoms with Crippen LogP contribution in [0, 0.1) is 0 Å². The first-order valence-corrected chi connectivity index (χ1v) is 11.3. The molecule has 3 heteroatoms. The molecule has 1 aliphatic rings. The standard InChI is InChI=1S/C19H30O2Si/c1-4-22(5-2,6-3)21-19(18-14-10-11-15-18)20-16-17-12-8-7-9-13-17/h7-9,12-13H,4-6,10-11,14-16H2,1-3H3. The second kappa shape index (κ2) is 8.42. The number of hydrogen-bond acceptors (Lipinski definition) is 2. The first-order chi connectivity index (χ1) is 10.7. The maximum Gasteiger partial charge on any atom is 0.264 e. The van der Waals surface area contributed by atoms with Crippen LogP contribution in [0.5, 0.6) is 0 Å². The van der Waals surface area contributed by atoms with E-state index < -0.39 is 8.32 Å². The summed E-state index contributed by atoms with van der Waals surface area (Å²) >= 11 is 0. The first kappa shape index (κ1) is 17.1. The summed E-state index contributed by atoms with van der Waals surface area (Å²) in [6.07, 6.45) is 4.84. The van der Waals surface area contributed by atoms with E-state index in [0.29, 0.717) is 6.61 Å². The zero-order chi connectivity index (χ0) is 15.8. The van der Waals surface area contributed by atoms with Crippen molar-refractivity contribution in [1.82, 2.24) is 0 Å². The zero-order valence-corrected chi connectivity index (χ0v) is 15.4. The molecule has 2 nitrogen and oxygen atoms in total. The van der Waals surface area contributed by atoms with Gasteiger partial charge in [-0.3, -0.25) is 0 Å². The van der Waals surface area contributed by atoms with Crippen molar-refractivity contribution in [2.45, 2.75) is 71.2 Å². The third-order valence-corrected chi connectivity index (χ3v) is 9.44. The highest BCUT2D eigenvalue weighted by molar-refractivity contribution is 6.73. The van der Waals surface area contributed by atoms with Gasteiger partial charge < -0.3 is 9.16 Å². The smallest absolute Gasteiger partial charge is 0.264 e. The van der Waals surface area contributed by atoms with Crippen molar-refractivity contribution in [3.8, 4) is 0 Å². The molecule has 0 aromatic heterocycles. The lowest BCUT2D eigenvalue weighted by atomic mass is 10.2. The molecule has 1 aromatic carbocycles. The van der Waals surface area contributed by atoms with Crippen LogP contribution in [0.2, 0.25) is 18.1 Å². The molecule has 1 aliphatic carbocycles. The quantitative estimate of drug-likeness (QED) is 0.431. The highest BCUT2D eigenvalue weighted by atomic mass is 28.4. The summed E-state index contributed by atoms with van der Waals surface area (Å²) in [6, 6.07) is 13.9. The van der Waals surface area contributed by atoms with E-state index in [1.165, 1.54) is 24.0 Å². The van der Waals surface area contributed by atoms with Crippen LogP contribution in [0.1, 0.15) is 52.0 Å². The van der Waals surface area contributed by atoms with Crippen LogP contribution >= 0.6 is 0 Å². The molecule has 2 rings (SSSR count). The predicted molar refractivity (Wildman–Crippen MR) is 95.0 cm³/mol. The average molecular weight is 319 g/mol. The summed E-state index contributed by atoms with van der Waals surface area (Å²) < 4.78 is 12.8. The molecule has 1 saturated carbocycles. The second-order valence-electron chi connectivity index (χ2n) is 6.22. The first-order valence-electron chi connectivity index (χ1n) is 8.80. The van der Waals surface area contributed by atoms with Crippen LogP contribution in [-0.4, -0.2) is 8.32 Å². The Hall–Kier alpha value is -1.22. The fourth-order valence-electron chi connectivity index (χ4n) is 3.10. The molecule has 0 unspecified atom stereocenters. The molecule has 1 fully saturated rings. The van der Waals surface area contributed by atoms with Crippen LogP contribution in [0.25, 0.3) is 0 Å². The summed E-state index contributed by atoms with van der Waals surface area (Å²) in [7, 11) is -1.67. The van der Waals surface area contributed by atoms with Gasteiger partial charge >= 0.3 is 0 Å². The lowest BCUT2D eigenvalue weighted by Gasteiger charge is -2.31. The Labute approximate surface area is 136 Å². The maximum absolute atomic E-state index is 6.59. The Morgan fingerprint density at radius 3 is 2.09 bits per heavy atom. The van der Waals surface area contributed by atoms with Gasteiger partial charge in [0.1, 0.15) is 6.61 Å². The molecule has 0 saturated heterocycles. The molecule has 0 spiro atoms. The molecular formula is C19H30O2Si. The van der Waals surface area contributed by atoms with Crippen LogP contribution in [0.4, 0.5) is 0 Å². The summed E-state index contributed by atoms with van der Waals surface area (Å²) in [5, 5.41) is 0. The Kier molecular flexibility index (Phi) is 6.56. The minimum absolute atomic E-state index is 0.612. The van der Waals surface area contributed by atoms with Gasteiger partial charge in [-0.15, -0.1) is 0 Å². The van der Waals surface area contributed by atoms with Crippen molar-refractivity contribution >= 4 is 8.32 Å². The van der Waals surface area contributed by atoms with Gasteiger partial charge in [0, 0.05) is 5.57 Å². The van der Waals surface area contributed by atoms with Crippen molar-refractivity contribution in [2.75, 3.05) is 0 Å². The largest absolute Gasteiger partial charge is 0.519 e. The third kappa shape index (κ3) is 4.39. The van der Waals surface area contributed by atoms with E-state index in [4.69, 9.17) is 9.16 Å². The minimum Gasteiger partial charge on any atom is -0.519 e. The normalized spacial score (nSPS) is 15.0. The lowest BCUT2D eigenvalue weighted by Crippen LogP contribution is -2.36. The molecule has 0 radical (unpaired) electrons. The van der Waals surface area contributed by atoms with Crippen molar-refractivity contribution < 1.29 is 9.16 Å². The summed E-state index contributed by atoms with van der Waals surface area (Å²) in [5.41, 5.74) is 2.61. The molecule has 0 atom stereocenters. The number of benzene rings is 1. The van der Waals surface area contributed by atoms with Crippen LogP contribution in [0.3, 0.4) is 0 Å². The summed E-state index contributed by atoms with van der Waals surface area (Å²) in [5.74, 6) is 0.874. The van der Waals surface area contributed by atoms with Crippen molar-refractivity contribution in [3.63, 3.8) is 0 Å². The Morgan fingerprint density at radius 1 is 0.955 bits per heavy atom. The Balaban J connectivity index is 2.12. The fourth-order valence-corrected chi connectivity index (χ4v) is 5.63. The zero-order valence-electron chi connectivity index (χ0n) is 14.4. The Morgan fingerprint density at radius 2 is 1.55 bits per heavy atom. The number of rotatable bonds is 8. The van der Waals surface area contributed by atoms with Gasteiger partial charge in [0.15, 0.2) is 0 Å². The number of allylic oxidation sites excluding steroid dienone is 1. The van der Waals surface area contributed by atoms with Crippen LogP contribution in [-0.2, 0) is 15.8 Å². The van der Waals surface area contributed by atoms with Gasteiger partial charge in [0.2, 0.25) is 0 Å². The monoisotopic (exact) mass is 318 g/mol. The van der Waals surface area contributed by atoms with Crippen molar-refractivity contribution in [1.29, 1.82) is 0 Å². The SMILES string of the molecule is CC[Si](CC)(CC)OC(OCc1ccccc1)=C1CCCC1. The van der Waals surface area contributed by atoms with E-state index in [1.54, 1.807) is 0 Å². The van der Waals surface area contributed by atoms with Gasteiger partial charge in [0.25, 0.3) is 14.3 Å². The van der Waals surface area contributed by atoms with E-state index in [1.807, 2.05) is 6.07 Å². The summed E-state index contributed by atoms with van der Waals surface area (Å²) in [6.45, 7) is 7.43. The minimum atomic E-state index is -1.67. The maximum atomic E-state index is 6.59. The van der Waals surface area contributed by atoms with Gasteiger partial charge in [-0.25, -0.2) is 0 Å². The van der Waals surface area contributed by atoms with E-state index in [9.17, 15) is 0 Å². The topological polar surface area (TPSA) is 18.5 Å². The molecule has 1 aromatic rings. The molecule has 0 heterocycles. The highest BCUT2D eigenvalue weighted by Crippen LogP contribution is 2.33. The molecular weight excluding hydrogens is 288 g/mol. The molecule has 0 N–H and O–H groups in total. The second-order valence-corrected chi connectivity index (χ2v) is 10.9. The van der Waals surface area contributed by atoms with Gasteiger partial charge in [0.05, 0.1) is 0 Å². The van der Waals surface area contributed by atoms with Gasteiger partial charge in [-0.05, 0) is 49.4 Å². The van der Waals surface area contributed by atoms with Crippen molar-refractivity contribution in [3.05, 3.63) is 47.4 Å². The van der Waals surface area contributed by atoms with E-state index in [2.05, 4.69) is 45.0 Å². The van der Waals surface area contributed by atoms with Gasteiger partial charge in [-0.2, -0.15) is 0 Å². The van der Waals surface area contributed by atoms with Crippen LogP contribution in [0.15, 0.2) is 41.9 Å². The summed E-state index contributed by atoms with van der Waals surface area (Å²) in [4.78, 5) is 0. The third-order valence-electron chi connectivity index (χ3n) is 4.95. The van der Waals surface area contributed by atoms with Crippen LogP contribution < -0.4 is 0 Å². The molecule has 0 amide bonds. The highest BCUT2D eigenvalue weighted by Gasteiger charge is 2.33. The lowest BCUT2D eigenvalue weighted by molar-refractivity contribution is 0.0843. The molecule has 0 bridgehead atoms. The van der Waals surface area contributed by atoms with E-state index in [0.717, 1.165) is 36.9 Å². The number of ether oxygens (including phenoxy) is 1. The average Bonchev–Trinajstić information content (AvgIpc) is 3.11. The van der Waals surface area contributed by atoms with Gasteiger partial charge in [-0.1, -0.05) is 51.1 Å². The fraction of sp³-hybridized carbons (Fsp3) is 0.579. The van der Waals surface area contributed by atoms with Crippen molar-refractivity contribution in [2.24, 2.45) is 0 Å². The Bertz CT molecular complexity index is 461. The molecule has 122 valence electrons. The predicted octanol–water partition coefficient (Wildman–Crippen LogP) is 6.01. The molecule has 22 heavy (non-hydrogen) atoms.